The Kier molecular flexibility index (Phi) is 8.43. The molecule has 0 saturated heterocycles. The van der Waals surface area contributed by atoms with Gasteiger partial charge in [-0.05, 0) is 47.3 Å². The van der Waals surface area contributed by atoms with Crippen LogP contribution in [0.3, 0.4) is 0 Å². The molecular weight excluding hydrogens is 227 g/mol. The largest absolute Gasteiger partial charge is 0.298 e. The Morgan fingerprint density at radius 2 is 1.73 bits per heavy atom. The van der Waals surface area contributed by atoms with Gasteiger partial charge in [0.15, 0.2) is 0 Å². The topological polar surface area (TPSA) is 27.0 Å². The molecule has 0 heterocycles. The van der Waals surface area contributed by atoms with Gasteiger partial charge in [-0.2, -0.15) is 5.26 Å². The van der Waals surface area contributed by atoms with E-state index in [0.717, 1.165) is 18.9 Å². The number of nitrogens with zero attached hydrogens (tertiary/aromatic N) is 2. The lowest BCUT2D eigenvalue weighted by Gasteiger charge is -2.31. The molecule has 0 aliphatic carbocycles. The van der Waals surface area contributed by atoms with Gasteiger partial charge in [-0.15, -0.1) is 0 Å². The zero-order chi connectivity index (χ0) is 11.8. The highest BCUT2D eigenvalue weighted by Gasteiger charge is 2.14. The van der Waals surface area contributed by atoms with E-state index in [1.807, 2.05) is 0 Å². The van der Waals surface area contributed by atoms with Crippen molar-refractivity contribution >= 4 is 18.5 Å². The van der Waals surface area contributed by atoms with Gasteiger partial charge in [-0.3, -0.25) is 4.90 Å². The van der Waals surface area contributed by atoms with Gasteiger partial charge >= 0.3 is 0 Å². The molecule has 0 rings (SSSR count). The lowest BCUT2D eigenvalue weighted by Crippen LogP contribution is -2.38. The summed E-state index contributed by atoms with van der Waals surface area (Å²) >= 11 is 6.20. The third-order valence-electron chi connectivity index (χ3n) is 2.39. The summed E-state index contributed by atoms with van der Waals surface area (Å²) in [5, 5.41) is 8.46. The van der Waals surface area contributed by atoms with Crippen molar-refractivity contribution in [1.82, 2.24) is 4.90 Å². The molecule has 0 aromatic carbocycles. The molecule has 1 unspecified atom stereocenters. The minimum absolute atomic E-state index is 0.460. The van der Waals surface area contributed by atoms with E-state index in [1.165, 1.54) is 0 Å². The molecule has 15 heavy (non-hydrogen) atoms. The van der Waals surface area contributed by atoms with Crippen LogP contribution in [-0.2, 0) is 0 Å². The van der Waals surface area contributed by atoms with E-state index in [0.29, 0.717) is 18.5 Å². The van der Waals surface area contributed by atoms with E-state index in [4.69, 9.17) is 16.5 Å². The minimum Gasteiger partial charge on any atom is -0.298 e. The average Bonchev–Trinajstić information content (AvgIpc) is 2.13. The maximum atomic E-state index is 8.46. The molecule has 0 spiro atoms. The average molecular weight is 249 g/mol. The Labute approximate surface area is 100 Å². The molecule has 0 aliphatic heterocycles. The Hall–Kier alpha value is 0.170. The summed E-state index contributed by atoms with van der Waals surface area (Å²) in [6.45, 7) is 9.91. The van der Waals surface area contributed by atoms with Crippen LogP contribution < -0.4 is 0 Å². The SMILES string of the molecule is CC(C)N(CCP(Cl)CCC#N)C(C)C. The van der Waals surface area contributed by atoms with Crippen molar-refractivity contribution < 1.29 is 0 Å². The van der Waals surface area contributed by atoms with E-state index >= 15 is 0 Å². The summed E-state index contributed by atoms with van der Waals surface area (Å²) in [5.41, 5.74) is 0. The van der Waals surface area contributed by atoms with Crippen molar-refractivity contribution in [2.75, 3.05) is 18.9 Å². The Morgan fingerprint density at radius 1 is 1.20 bits per heavy atom. The second-order valence-electron chi connectivity index (χ2n) is 4.24. The highest BCUT2D eigenvalue weighted by molar-refractivity contribution is 7.84. The standard InChI is InChI=1S/C11H22ClN2P/c1-10(2)14(11(3)4)7-9-15(12)8-5-6-13/h10-11H,5,7-9H2,1-4H3. The summed E-state index contributed by atoms with van der Waals surface area (Å²) in [4.78, 5) is 2.45. The van der Waals surface area contributed by atoms with Gasteiger partial charge in [0.1, 0.15) is 0 Å². The van der Waals surface area contributed by atoms with Crippen LogP contribution >= 0.6 is 18.5 Å². The molecule has 0 aliphatic rings. The molecule has 0 N–H and O–H groups in total. The Morgan fingerprint density at radius 3 is 2.13 bits per heavy atom. The van der Waals surface area contributed by atoms with Crippen LogP contribution in [0.25, 0.3) is 0 Å². The van der Waals surface area contributed by atoms with Crippen molar-refractivity contribution in [3.05, 3.63) is 0 Å². The van der Waals surface area contributed by atoms with Crippen molar-refractivity contribution in [3.8, 4) is 6.07 Å². The van der Waals surface area contributed by atoms with Gasteiger partial charge in [0.25, 0.3) is 0 Å². The monoisotopic (exact) mass is 248 g/mol. The molecule has 1 atom stereocenters. The zero-order valence-electron chi connectivity index (χ0n) is 10.2. The zero-order valence-corrected chi connectivity index (χ0v) is 11.9. The highest BCUT2D eigenvalue weighted by Crippen LogP contribution is 2.41. The third-order valence-corrected chi connectivity index (χ3v) is 4.80. The maximum absolute atomic E-state index is 8.46. The smallest absolute Gasteiger partial charge is 0.0625 e. The van der Waals surface area contributed by atoms with E-state index in [-0.39, 0.29) is 0 Å². The molecule has 0 fully saturated rings. The number of hydrogen-bond acceptors (Lipinski definition) is 2. The van der Waals surface area contributed by atoms with E-state index < -0.39 is 7.27 Å². The van der Waals surface area contributed by atoms with Gasteiger partial charge < -0.3 is 0 Å². The highest BCUT2D eigenvalue weighted by atomic mass is 35.7. The lowest BCUT2D eigenvalue weighted by molar-refractivity contribution is 0.187. The quantitative estimate of drug-likeness (QED) is 0.643. The molecule has 0 saturated carbocycles. The molecule has 4 heteroatoms. The summed E-state index contributed by atoms with van der Waals surface area (Å²) in [6.07, 6.45) is 2.50. The second-order valence-corrected chi connectivity index (χ2v) is 7.50. The van der Waals surface area contributed by atoms with Gasteiger partial charge in [-0.25, -0.2) is 0 Å². The van der Waals surface area contributed by atoms with Crippen LogP contribution in [0.4, 0.5) is 0 Å². The van der Waals surface area contributed by atoms with Crippen molar-refractivity contribution in [3.63, 3.8) is 0 Å². The van der Waals surface area contributed by atoms with Crippen LogP contribution in [-0.4, -0.2) is 35.9 Å². The Balaban J connectivity index is 3.85. The molecule has 0 amide bonds. The predicted molar refractivity (Wildman–Crippen MR) is 69.7 cm³/mol. The van der Waals surface area contributed by atoms with E-state index in [9.17, 15) is 0 Å². The summed E-state index contributed by atoms with van der Waals surface area (Å²) in [7, 11) is -0.460. The van der Waals surface area contributed by atoms with Crippen LogP contribution in [0.5, 0.6) is 0 Å². The number of nitriles is 1. The molecule has 88 valence electrons. The van der Waals surface area contributed by atoms with Gasteiger partial charge in [0.05, 0.1) is 6.07 Å². The van der Waals surface area contributed by atoms with Gasteiger partial charge in [0.2, 0.25) is 0 Å². The lowest BCUT2D eigenvalue weighted by atomic mass is 10.2. The second kappa shape index (κ2) is 8.34. The van der Waals surface area contributed by atoms with Crippen LogP contribution in [0.2, 0.25) is 0 Å². The molecule has 0 bridgehead atoms. The van der Waals surface area contributed by atoms with Crippen LogP contribution in [0.15, 0.2) is 0 Å². The third kappa shape index (κ3) is 7.12. The number of rotatable bonds is 7. The maximum Gasteiger partial charge on any atom is 0.0625 e. The number of halogens is 1. The fraction of sp³-hybridized carbons (Fsp3) is 0.909. The summed E-state index contributed by atoms with van der Waals surface area (Å²) < 4.78 is 0. The summed E-state index contributed by atoms with van der Waals surface area (Å²) in [5.74, 6) is 0. The van der Waals surface area contributed by atoms with Crippen LogP contribution in [0, 0.1) is 11.3 Å². The molecule has 2 nitrogen and oxygen atoms in total. The fourth-order valence-electron chi connectivity index (χ4n) is 1.62. The number of hydrogen-bond donors (Lipinski definition) is 0. The Bertz CT molecular complexity index is 193. The first-order valence-electron chi connectivity index (χ1n) is 5.52. The molecule has 0 aromatic heterocycles. The van der Waals surface area contributed by atoms with Crippen molar-refractivity contribution in [2.45, 2.75) is 46.2 Å². The van der Waals surface area contributed by atoms with Gasteiger partial charge in [0, 0.05) is 25.0 Å². The molecule has 0 radical (unpaired) electrons. The fourth-order valence-corrected chi connectivity index (χ4v) is 3.11. The normalized spacial score (nSPS) is 13.5. The molecular formula is C11H22ClN2P. The first-order valence-corrected chi connectivity index (χ1v) is 8.14. The summed E-state index contributed by atoms with van der Waals surface area (Å²) in [6, 6.07) is 3.29. The van der Waals surface area contributed by atoms with Crippen LogP contribution in [0.1, 0.15) is 34.1 Å². The van der Waals surface area contributed by atoms with Gasteiger partial charge in [-0.1, -0.05) is 11.2 Å². The van der Waals surface area contributed by atoms with Crippen molar-refractivity contribution in [2.24, 2.45) is 0 Å². The first-order chi connectivity index (χ1) is 6.99. The predicted octanol–water partition coefficient (Wildman–Crippen LogP) is 3.65. The molecule has 0 aromatic rings. The van der Waals surface area contributed by atoms with E-state index in [1.54, 1.807) is 0 Å². The van der Waals surface area contributed by atoms with Crippen molar-refractivity contribution in [1.29, 1.82) is 5.26 Å². The van der Waals surface area contributed by atoms with E-state index in [2.05, 4.69) is 38.7 Å². The minimum atomic E-state index is -0.460. The first kappa shape index (κ1) is 15.2.